The van der Waals surface area contributed by atoms with Crippen LogP contribution in [0.5, 0.6) is 0 Å². The second kappa shape index (κ2) is 11.1. The molecule has 0 aromatic heterocycles. The molecular weight excluding hydrogens is 515 g/mol. The van der Waals surface area contributed by atoms with E-state index in [1.165, 1.54) is 12.1 Å². The molecule has 0 saturated carbocycles. The summed E-state index contributed by atoms with van der Waals surface area (Å²) >= 11 is 0. The maximum Gasteiger partial charge on any atom is 0.534 e. The first kappa shape index (κ1) is 27.8. The molecule has 0 radical (unpaired) electrons. The van der Waals surface area contributed by atoms with Gasteiger partial charge in [-0.3, -0.25) is 0 Å². The van der Waals surface area contributed by atoms with Gasteiger partial charge < -0.3 is 4.18 Å². The van der Waals surface area contributed by atoms with Crippen molar-refractivity contribution in [3.05, 3.63) is 77.1 Å². The summed E-state index contributed by atoms with van der Waals surface area (Å²) in [6.07, 6.45) is 1.68. The number of halogens is 3. The Morgan fingerprint density at radius 1 is 1.06 bits per heavy atom. The normalized spacial score (nSPS) is 18.4. The molecule has 36 heavy (non-hydrogen) atoms. The number of hydrogen-bond donors (Lipinski definition) is 0. The highest BCUT2D eigenvalue weighted by molar-refractivity contribution is 7.89. The largest absolute Gasteiger partial charge is 0.534 e. The van der Waals surface area contributed by atoms with E-state index in [4.69, 9.17) is 0 Å². The minimum atomic E-state index is -6.02. The number of alkyl halides is 3. The topological polar surface area (TPSA) is 80.8 Å². The molecule has 0 spiro atoms. The van der Waals surface area contributed by atoms with E-state index in [0.717, 1.165) is 16.3 Å². The summed E-state index contributed by atoms with van der Waals surface area (Å²) in [7, 11) is -10.1. The second-order valence-electron chi connectivity index (χ2n) is 8.23. The van der Waals surface area contributed by atoms with Crippen LogP contribution < -0.4 is 0 Å². The Labute approximate surface area is 210 Å². The predicted molar refractivity (Wildman–Crippen MR) is 129 cm³/mol. The first-order chi connectivity index (χ1) is 16.9. The SMILES string of the molecule is CCCCC#C/C(OS(=O)(=O)C(F)(F)F)=C1\CCN(S(=O)(=O)c2ccc(C)cc2)C1c1ccccc1. The molecule has 194 valence electrons. The number of nitrogens with zero attached hydrogens (tertiary/aromatic N) is 1. The van der Waals surface area contributed by atoms with Crippen molar-refractivity contribution in [3.8, 4) is 11.8 Å². The Kier molecular flexibility index (Phi) is 8.54. The van der Waals surface area contributed by atoms with Gasteiger partial charge in [0, 0.05) is 18.5 Å². The molecule has 3 rings (SSSR count). The van der Waals surface area contributed by atoms with E-state index in [0.29, 0.717) is 18.4 Å². The van der Waals surface area contributed by atoms with Gasteiger partial charge in [-0.15, -0.1) is 0 Å². The summed E-state index contributed by atoms with van der Waals surface area (Å²) in [6, 6.07) is 13.3. The van der Waals surface area contributed by atoms with Gasteiger partial charge >= 0.3 is 15.6 Å². The van der Waals surface area contributed by atoms with Gasteiger partial charge in [0.15, 0.2) is 5.76 Å². The molecular formula is C25H26F3NO5S2. The van der Waals surface area contributed by atoms with E-state index in [1.54, 1.807) is 42.5 Å². The lowest BCUT2D eigenvalue weighted by Crippen LogP contribution is -2.31. The fraction of sp³-hybridized carbons (Fsp3) is 0.360. The maximum absolute atomic E-state index is 13.6. The third-order valence-electron chi connectivity index (χ3n) is 5.59. The Bertz CT molecular complexity index is 1370. The van der Waals surface area contributed by atoms with E-state index < -0.39 is 37.5 Å². The van der Waals surface area contributed by atoms with Crippen molar-refractivity contribution in [3.63, 3.8) is 0 Å². The van der Waals surface area contributed by atoms with Gasteiger partial charge in [0.25, 0.3) is 0 Å². The van der Waals surface area contributed by atoms with Crippen LogP contribution in [0.1, 0.15) is 49.8 Å². The minimum absolute atomic E-state index is 0.00897. The molecule has 0 N–H and O–H groups in total. The molecule has 2 aromatic rings. The highest BCUT2D eigenvalue weighted by Crippen LogP contribution is 2.43. The number of benzene rings is 2. The number of allylic oxidation sites excluding steroid dienone is 1. The van der Waals surface area contributed by atoms with Crippen LogP contribution in [-0.2, 0) is 24.3 Å². The number of hydrogen-bond acceptors (Lipinski definition) is 5. The highest BCUT2D eigenvalue weighted by Gasteiger charge is 2.50. The number of unbranched alkanes of at least 4 members (excludes halogenated alkanes) is 2. The van der Waals surface area contributed by atoms with Crippen LogP contribution in [0.25, 0.3) is 0 Å². The van der Waals surface area contributed by atoms with Crippen LogP contribution in [0.4, 0.5) is 13.2 Å². The molecule has 11 heteroatoms. The van der Waals surface area contributed by atoms with Crippen molar-refractivity contribution in [2.75, 3.05) is 6.54 Å². The van der Waals surface area contributed by atoms with Crippen LogP contribution in [0.3, 0.4) is 0 Å². The van der Waals surface area contributed by atoms with E-state index in [2.05, 4.69) is 16.0 Å². The predicted octanol–water partition coefficient (Wildman–Crippen LogP) is 5.44. The van der Waals surface area contributed by atoms with Crippen LogP contribution in [-0.4, -0.2) is 33.2 Å². The average molecular weight is 542 g/mol. The van der Waals surface area contributed by atoms with E-state index in [-0.39, 0.29) is 23.4 Å². The lowest BCUT2D eigenvalue weighted by atomic mass is 9.99. The van der Waals surface area contributed by atoms with Gasteiger partial charge in [0.2, 0.25) is 10.0 Å². The number of aryl methyl sites for hydroxylation is 1. The van der Waals surface area contributed by atoms with E-state index in [1.807, 2.05) is 13.8 Å². The Morgan fingerprint density at radius 3 is 2.28 bits per heavy atom. The van der Waals surface area contributed by atoms with E-state index in [9.17, 15) is 30.0 Å². The molecule has 1 heterocycles. The zero-order valence-corrected chi connectivity index (χ0v) is 21.4. The molecule has 0 bridgehead atoms. The molecule has 1 atom stereocenters. The van der Waals surface area contributed by atoms with Crippen LogP contribution >= 0.6 is 0 Å². The molecule has 0 amide bonds. The molecule has 1 fully saturated rings. The van der Waals surface area contributed by atoms with E-state index >= 15 is 0 Å². The molecule has 1 aliphatic heterocycles. The summed E-state index contributed by atoms with van der Waals surface area (Å²) in [6.45, 7) is 3.62. The summed E-state index contributed by atoms with van der Waals surface area (Å²) in [5.41, 5.74) is -4.32. The Balaban J connectivity index is 2.19. The first-order valence-corrected chi connectivity index (χ1v) is 14.1. The quantitative estimate of drug-likeness (QED) is 0.153. The zero-order chi connectivity index (χ0) is 26.6. The average Bonchev–Trinajstić information content (AvgIpc) is 3.27. The molecule has 1 unspecified atom stereocenters. The highest BCUT2D eigenvalue weighted by atomic mass is 32.2. The summed E-state index contributed by atoms with van der Waals surface area (Å²) < 4.78 is 96.1. The fourth-order valence-electron chi connectivity index (χ4n) is 3.73. The molecule has 1 aliphatic rings. The van der Waals surface area contributed by atoms with Gasteiger partial charge in [-0.05, 0) is 43.4 Å². The standard InChI is InChI=1S/C25H26F3NO5S2/c1-3-4-5-9-12-23(34-36(32,33)25(26,27)28)22-17-18-29(24(22)20-10-7-6-8-11-20)35(30,31)21-15-13-19(2)14-16-21/h6-8,10-11,13-16,24H,3-5,17-18H2,1-2H3/b23-22-. The summed E-state index contributed by atoms with van der Waals surface area (Å²) in [4.78, 5) is 0.00897. The van der Waals surface area contributed by atoms with Crippen molar-refractivity contribution in [2.45, 2.75) is 56.0 Å². The van der Waals surface area contributed by atoms with Crippen LogP contribution in [0.15, 0.2) is 70.8 Å². The second-order valence-corrected chi connectivity index (χ2v) is 11.7. The third kappa shape index (κ3) is 6.11. The Morgan fingerprint density at radius 2 is 1.69 bits per heavy atom. The van der Waals surface area contributed by atoms with Crippen LogP contribution in [0.2, 0.25) is 0 Å². The monoisotopic (exact) mass is 541 g/mol. The van der Waals surface area contributed by atoms with Crippen molar-refractivity contribution in [2.24, 2.45) is 0 Å². The summed E-state index contributed by atoms with van der Waals surface area (Å²) in [5, 5.41) is 0. The zero-order valence-electron chi connectivity index (χ0n) is 19.7. The maximum atomic E-state index is 13.6. The van der Waals surface area contributed by atoms with Crippen molar-refractivity contribution in [1.29, 1.82) is 0 Å². The van der Waals surface area contributed by atoms with Crippen molar-refractivity contribution in [1.82, 2.24) is 4.31 Å². The van der Waals surface area contributed by atoms with Crippen molar-refractivity contribution >= 4 is 20.1 Å². The van der Waals surface area contributed by atoms with Gasteiger partial charge in [0.1, 0.15) is 0 Å². The Hall–Kier alpha value is -2.81. The third-order valence-corrected chi connectivity index (χ3v) is 8.42. The fourth-order valence-corrected chi connectivity index (χ4v) is 5.81. The lowest BCUT2D eigenvalue weighted by Gasteiger charge is -2.26. The number of rotatable bonds is 7. The van der Waals surface area contributed by atoms with Gasteiger partial charge in [-0.25, -0.2) is 8.42 Å². The molecule has 2 aromatic carbocycles. The smallest absolute Gasteiger partial charge is 0.367 e. The molecule has 6 nitrogen and oxygen atoms in total. The van der Waals surface area contributed by atoms with Gasteiger partial charge in [-0.2, -0.15) is 25.9 Å². The van der Waals surface area contributed by atoms with Crippen LogP contribution in [0, 0.1) is 18.8 Å². The molecule has 1 saturated heterocycles. The lowest BCUT2D eigenvalue weighted by molar-refractivity contribution is -0.0519. The summed E-state index contributed by atoms with van der Waals surface area (Å²) in [5.74, 6) is 4.42. The van der Waals surface area contributed by atoms with Crippen molar-refractivity contribution < 1.29 is 34.2 Å². The first-order valence-electron chi connectivity index (χ1n) is 11.2. The molecule has 0 aliphatic carbocycles. The number of sulfonamides is 1. The minimum Gasteiger partial charge on any atom is -0.367 e. The van der Waals surface area contributed by atoms with Gasteiger partial charge in [0.05, 0.1) is 10.9 Å². The van der Waals surface area contributed by atoms with Gasteiger partial charge in [-0.1, -0.05) is 67.3 Å².